The molecule has 3 rings (SSSR count). The van der Waals surface area contributed by atoms with E-state index in [2.05, 4.69) is 9.80 Å². The van der Waals surface area contributed by atoms with Gasteiger partial charge in [-0.15, -0.1) is 0 Å². The Balaban J connectivity index is 1.42. The highest BCUT2D eigenvalue weighted by atomic mass is 32.2. The molecule has 0 aromatic rings. The summed E-state index contributed by atoms with van der Waals surface area (Å²) in [4.78, 5) is 4.86. The van der Waals surface area contributed by atoms with Crippen molar-refractivity contribution in [2.45, 2.75) is 30.9 Å². The molecule has 6 nitrogen and oxygen atoms in total. The van der Waals surface area contributed by atoms with Gasteiger partial charge in [0.2, 0.25) is 10.0 Å². The second kappa shape index (κ2) is 7.57. The maximum absolute atomic E-state index is 12.6. The third kappa shape index (κ3) is 4.00. The first-order valence-corrected chi connectivity index (χ1v) is 10.2. The Morgan fingerprint density at radius 3 is 1.95 bits per heavy atom. The lowest BCUT2D eigenvalue weighted by Crippen LogP contribution is -2.47. The molecule has 0 aliphatic carbocycles. The molecule has 3 fully saturated rings. The Bertz CT molecular complexity index is 437. The van der Waals surface area contributed by atoms with Crippen LogP contribution in [0.1, 0.15) is 25.7 Å². The Hall–Kier alpha value is -0.210. The van der Waals surface area contributed by atoms with Crippen LogP contribution in [-0.2, 0) is 14.8 Å². The number of morpholine rings is 1. The van der Waals surface area contributed by atoms with Gasteiger partial charge < -0.3 is 9.64 Å². The SMILES string of the molecule is O=S(=O)(C1CCN(CCN2CCOCC2)CC1)N1CCCC1. The van der Waals surface area contributed by atoms with Gasteiger partial charge in [-0.05, 0) is 38.8 Å². The van der Waals surface area contributed by atoms with E-state index in [9.17, 15) is 8.42 Å². The highest BCUT2D eigenvalue weighted by molar-refractivity contribution is 7.89. The number of piperidine rings is 1. The van der Waals surface area contributed by atoms with Crippen molar-refractivity contribution in [2.75, 3.05) is 65.6 Å². The average Bonchev–Trinajstić information content (AvgIpc) is 3.10. The van der Waals surface area contributed by atoms with E-state index in [1.54, 1.807) is 4.31 Å². The quantitative estimate of drug-likeness (QED) is 0.721. The molecule has 0 atom stereocenters. The van der Waals surface area contributed by atoms with E-state index < -0.39 is 10.0 Å². The third-order valence-corrected chi connectivity index (χ3v) is 7.62. The molecule has 0 spiro atoms. The van der Waals surface area contributed by atoms with E-state index in [4.69, 9.17) is 4.74 Å². The number of ether oxygens (including phenoxy) is 1. The molecular formula is C15H29N3O3S. The summed E-state index contributed by atoms with van der Waals surface area (Å²) in [5.41, 5.74) is 0. The Kier molecular flexibility index (Phi) is 5.73. The summed E-state index contributed by atoms with van der Waals surface area (Å²) in [6.45, 7) is 9.18. The summed E-state index contributed by atoms with van der Waals surface area (Å²) in [6, 6.07) is 0. The Morgan fingerprint density at radius 2 is 1.36 bits per heavy atom. The standard InChI is InChI=1S/C15H29N3O3S/c19-22(20,18-5-1-2-6-18)15-3-7-16(8-4-15)9-10-17-11-13-21-14-12-17/h15H,1-14H2. The molecule has 0 aromatic heterocycles. The summed E-state index contributed by atoms with van der Waals surface area (Å²) >= 11 is 0. The topological polar surface area (TPSA) is 53.1 Å². The van der Waals surface area contributed by atoms with Gasteiger partial charge in [-0.3, -0.25) is 4.90 Å². The fourth-order valence-electron chi connectivity index (χ4n) is 3.69. The van der Waals surface area contributed by atoms with Gasteiger partial charge in [-0.2, -0.15) is 0 Å². The second-order valence-corrected chi connectivity index (χ2v) is 8.86. The van der Waals surface area contributed by atoms with Crippen LogP contribution < -0.4 is 0 Å². The van der Waals surface area contributed by atoms with Gasteiger partial charge in [-0.25, -0.2) is 12.7 Å². The fraction of sp³-hybridized carbons (Fsp3) is 1.00. The Morgan fingerprint density at radius 1 is 0.818 bits per heavy atom. The van der Waals surface area contributed by atoms with E-state index in [1.807, 2.05) is 0 Å². The van der Waals surface area contributed by atoms with Crippen molar-refractivity contribution >= 4 is 10.0 Å². The van der Waals surface area contributed by atoms with Gasteiger partial charge in [0, 0.05) is 39.3 Å². The first kappa shape index (κ1) is 16.6. The minimum absolute atomic E-state index is 0.148. The molecule has 0 radical (unpaired) electrons. The van der Waals surface area contributed by atoms with Crippen LogP contribution in [0.25, 0.3) is 0 Å². The van der Waals surface area contributed by atoms with Gasteiger partial charge in [0.25, 0.3) is 0 Å². The molecule has 0 amide bonds. The molecule has 0 aromatic carbocycles. The van der Waals surface area contributed by atoms with E-state index in [0.29, 0.717) is 0 Å². The number of hydrogen-bond donors (Lipinski definition) is 0. The number of nitrogens with zero attached hydrogens (tertiary/aromatic N) is 3. The molecule has 3 aliphatic heterocycles. The van der Waals surface area contributed by atoms with Gasteiger partial charge in [0.05, 0.1) is 18.5 Å². The lowest BCUT2D eigenvalue weighted by molar-refractivity contribution is 0.0324. The number of likely N-dealkylation sites (tertiary alicyclic amines) is 1. The molecule has 128 valence electrons. The third-order valence-electron chi connectivity index (χ3n) is 5.22. The molecule has 0 unspecified atom stereocenters. The van der Waals surface area contributed by atoms with Crippen LogP contribution in [0.15, 0.2) is 0 Å². The number of hydrogen-bond acceptors (Lipinski definition) is 5. The van der Waals surface area contributed by atoms with Crippen LogP contribution >= 0.6 is 0 Å². The molecule has 3 heterocycles. The molecule has 22 heavy (non-hydrogen) atoms. The predicted molar refractivity (Wildman–Crippen MR) is 86.4 cm³/mol. The van der Waals surface area contributed by atoms with E-state index in [1.165, 1.54) is 0 Å². The average molecular weight is 331 g/mol. The number of sulfonamides is 1. The zero-order valence-corrected chi connectivity index (χ0v) is 14.3. The second-order valence-electron chi connectivity index (χ2n) is 6.65. The molecule has 3 saturated heterocycles. The van der Waals surface area contributed by atoms with E-state index in [0.717, 1.165) is 91.3 Å². The summed E-state index contributed by atoms with van der Waals surface area (Å²) in [5, 5.41) is -0.148. The van der Waals surface area contributed by atoms with Crippen molar-refractivity contribution in [1.82, 2.24) is 14.1 Å². The first-order chi connectivity index (χ1) is 10.7. The first-order valence-electron chi connectivity index (χ1n) is 8.68. The number of rotatable bonds is 5. The minimum atomic E-state index is -3.04. The molecule has 0 bridgehead atoms. The lowest BCUT2D eigenvalue weighted by atomic mass is 10.1. The molecule has 3 aliphatic rings. The summed E-state index contributed by atoms with van der Waals surface area (Å²) in [7, 11) is -3.04. The van der Waals surface area contributed by atoms with Gasteiger partial charge in [0.15, 0.2) is 0 Å². The summed E-state index contributed by atoms with van der Waals surface area (Å²) < 4.78 is 32.3. The monoisotopic (exact) mass is 331 g/mol. The summed E-state index contributed by atoms with van der Waals surface area (Å²) in [6.07, 6.45) is 3.64. The highest BCUT2D eigenvalue weighted by Gasteiger charge is 2.35. The van der Waals surface area contributed by atoms with Gasteiger partial charge in [-0.1, -0.05) is 0 Å². The zero-order chi connectivity index (χ0) is 15.4. The zero-order valence-electron chi connectivity index (χ0n) is 13.5. The van der Waals surface area contributed by atoms with Crippen LogP contribution in [0, 0.1) is 0 Å². The maximum Gasteiger partial charge on any atom is 0.217 e. The van der Waals surface area contributed by atoms with Crippen molar-refractivity contribution in [3.63, 3.8) is 0 Å². The fourth-order valence-corrected chi connectivity index (χ4v) is 5.69. The van der Waals surface area contributed by atoms with Gasteiger partial charge >= 0.3 is 0 Å². The van der Waals surface area contributed by atoms with Crippen LogP contribution in [0.2, 0.25) is 0 Å². The smallest absolute Gasteiger partial charge is 0.217 e. The lowest BCUT2D eigenvalue weighted by Gasteiger charge is -2.35. The van der Waals surface area contributed by atoms with Crippen molar-refractivity contribution in [3.8, 4) is 0 Å². The van der Waals surface area contributed by atoms with Crippen molar-refractivity contribution < 1.29 is 13.2 Å². The molecule has 0 saturated carbocycles. The highest BCUT2D eigenvalue weighted by Crippen LogP contribution is 2.24. The van der Waals surface area contributed by atoms with Crippen LogP contribution in [0.4, 0.5) is 0 Å². The minimum Gasteiger partial charge on any atom is -0.379 e. The van der Waals surface area contributed by atoms with Crippen LogP contribution in [0.3, 0.4) is 0 Å². The van der Waals surface area contributed by atoms with Crippen molar-refractivity contribution in [2.24, 2.45) is 0 Å². The maximum atomic E-state index is 12.6. The molecule has 7 heteroatoms. The van der Waals surface area contributed by atoms with E-state index in [-0.39, 0.29) is 5.25 Å². The normalized spacial score (nSPS) is 27.5. The van der Waals surface area contributed by atoms with Crippen LogP contribution in [-0.4, -0.2) is 93.3 Å². The van der Waals surface area contributed by atoms with Gasteiger partial charge in [0.1, 0.15) is 0 Å². The van der Waals surface area contributed by atoms with Crippen molar-refractivity contribution in [1.29, 1.82) is 0 Å². The van der Waals surface area contributed by atoms with Crippen molar-refractivity contribution in [3.05, 3.63) is 0 Å². The van der Waals surface area contributed by atoms with Crippen LogP contribution in [0.5, 0.6) is 0 Å². The van der Waals surface area contributed by atoms with E-state index >= 15 is 0 Å². The molecule has 0 N–H and O–H groups in total. The Labute approximate surface area is 134 Å². The predicted octanol–water partition coefficient (Wildman–Crippen LogP) is 0.209. The summed E-state index contributed by atoms with van der Waals surface area (Å²) in [5.74, 6) is 0. The molecular weight excluding hydrogens is 302 g/mol. The largest absolute Gasteiger partial charge is 0.379 e.